The second-order valence-corrected chi connectivity index (χ2v) is 26.2. The van der Waals surface area contributed by atoms with Crippen LogP contribution >= 0.6 is 22.7 Å². The summed E-state index contributed by atoms with van der Waals surface area (Å²) < 4.78 is 61.7. The van der Waals surface area contributed by atoms with Crippen LogP contribution in [0.4, 0.5) is 11.4 Å². The van der Waals surface area contributed by atoms with Crippen molar-refractivity contribution in [1.82, 2.24) is 23.6 Å². The molecule has 2 amide bonds. The maximum absolute atomic E-state index is 14.8. The van der Waals surface area contributed by atoms with E-state index in [0.717, 1.165) is 45.5 Å². The van der Waals surface area contributed by atoms with Crippen molar-refractivity contribution in [2.75, 3.05) is 30.4 Å². The van der Waals surface area contributed by atoms with E-state index in [0.29, 0.717) is 50.2 Å². The lowest BCUT2D eigenvalue weighted by Crippen LogP contribution is -2.37. The Hall–Kier alpha value is -8.03. The quantitative estimate of drug-likeness (QED) is 0.0811. The molecule has 17 heteroatoms. The van der Waals surface area contributed by atoms with Crippen LogP contribution in [0.1, 0.15) is 84.7 Å². The molecule has 0 atom stereocenters. The number of aromatic nitrogens is 3. The molecule has 0 bridgehead atoms. The van der Waals surface area contributed by atoms with Gasteiger partial charge in [-0.25, -0.2) is 26.8 Å². The molecule has 0 saturated heterocycles. The highest BCUT2D eigenvalue weighted by molar-refractivity contribution is 7.89. The van der Waals surface area contributed by atoms with Gasteiger partial charge in [0.2, 0.25) is 20.0 Å². The molecule has 3 aliphatic rings. The number of hydrogen-bond acceptors (Lipinski definition) is 11. The summed E-state index contributed by atoms with van der Waals surface area (Å²) in [5.41, 5.74) is 7.07. The molecule has 6 aromatic carbocycles. The number of nitrogens with zero attached hydrogens (tertiary/aromatic N) is 7. The highest BCUT2D eigenvalue weighted by Crippen LogP contribution is 2.48. The van der Waals surface area contributed by atoms with Gasteiger partial charge in [0.1, 0.15) is 10.0 Å². The van der Waals surface area contributed by atoms with Crippen molar-refractivity contribution in [3.05, 3.63) is 254 Å². The highest BCUT2D eigenvalue weighted by atomic mass is 32.2. The van der Waals surface area contributed by atoms with Gasteiger partial charge in [-0.3, -0.25) is 14.6 Å². The number of sulfonamides is 2. The van der Waals surface area contributed by atoms with Crippen molar-refractivity contribution in [2.45, 2.75) is 47.2 Å². The van der Waals surface area contributed by atoms with Crippen LogP contribution in [0.2, 0.25) is 0 Å². The van der Waals surface area contributed by atoms with Gasteiger partial charge >= 0.3 is 0 Å². The Balaban J connectivity index is 0.799. The SMILES string of the molecule is CN(C(c1ccccc1)c1ccccc1)S(=O)(=O)c1ccc2c(c1)/C(=C\c1ncc(C3CC(CN4C(=O)/C(=C/c5nccs5)c5cc(S(=O)(=O)N(C)C(c6ccccc6)c6ccccc6)ccc54)C3)s1)C(=O)N2Cc1cccnc1. The number of carbonyl (C=O) groups excluding carboxylic acids is 2. The predicted octanol–water partition coefficient (Wildman–Crippen LogP) is 12.0. The summed E-state index contributed by atoms with van der Waals surface area (Å²) in [5, 5.41) is 3.08. The second-order valence-electron chi connectivity index (χ2n) is 20.1. The number of amides is 2. The number of pyridine rings is 1. The maximum atomic E-state index is 14.8. The zero-order chi connectivity index (χ0) is 55.1. The van der Waals surface area contributed by atoms with Crippen LogP contribution < -0.4 is 9.80 Å². The molecule has 1 fully saturated rings. The van der Waals surface area contributed by atoms with Crippen LogP contribution in [0.3, 0.4) is 0 Å². The molecule has 0 unspecified atom stereocenters. The average molecular weight is 1130 g/mol. The lowest BCUT2D eigenvalue weighted by Gasteiger charge is -2.37. The zero-order valence-corrected chi connectivity index (χ0v) is 46.8. The van der Waals surface area contributed by atoms with Crippen LogP contribution in [0, 0.1) is 5.92 Å². The van der Waals surface area contributed by atoms with Gasteiger partial charge in [-0.1, -0.05) is 127 Å². The Morgan fingerprint density at radius 3 is 1.54 bits per heavy atom. The Morgan fingerprint density at radius 2 is 1.06 bits per heavy atom. The summed E-state index contributed by atoms with van der Waals surface area (Å²) in [6.45, 7) is 0.659. The molecule has 400 valence electrons. The van der Waals surface area contributed by atoms with Crippen molar-refractivity contribution in [1.29, 1.82) is 0 Å². The van der Waals surface area contributed by atoms with E-state index < -0.39 is 32.1 Å². The minimum Gasteiger partial charge on any atom is -0.307 e. The van der Waals surface area contributed by atoms with E-state index in [1.807, 2.05) is 145 Å². The van der Waals surface area contributed by atoms with Crippen LogP contribution in [-0.2, 0) is 36.2 Å². The number of thiazole rings is 2. The summed E-state index contributed by atoms with van der Waals surface area (Å²) in [4.78, 5) is 47.2. The lowest BCUT2D eigenvalue weighted by atomic mass is 9.74. The monoisotopic (exact) mass is 1130 g/mol. The summed E-state index contributed by atoms with van der Waals surface area (Å²) in [5.74, 6) is -0.204. The molecule has 1 aliphatic carbocycles. The van der Waals surface area contributed by atoms with Crippen molar-refractivity contribution < 1.29 is 26.4 Å². The summed E-state index contributed by atoms with van der Waals surface area (Å²) in [6.07, 6.45) is 12.0. The molecule has 12 rings (SSSR count). The number of rotatable bonds is 17. The lowest BCUT2D eigenvalue weighted by molar-refractivity contribution is -0.113. The largest absolute Gasteiger partial charge is 0.307 e. The van der Waals surface area contributed by atoms with Crippen LogP contribution in [-0.4, -0.2) is 72.9 Å². The number of carbonyl (C=O) groups is 2. The fourth-order valence-corrected chi connectivity index (χ4v) is 15.4. The van der Waals surface area contributed by atoms with Crippen LogP contribution in [0.15, 0.2) is 210 Å². The molecular formula is C63H53N7O6S4. The Morgan fingerprint density at radius 1 is 0.575 bits per heavy atom. The predicted molar refractivity (Wildman–Crippen MR) is 315 cm³/mol. The van der Waals surface area contributed by atoms with Gasteiger partial charge in [0.25, 0.3) is 11.8 Å². The molecule has 0 radical (unpaired) electrons. The van der Waals surface area contributed by atoms with E-state index in [4.69, 9.17) is 4.98 Å². The third-order valence-electron chi connectivity index (χ3n) is 15.3. The summed E-state index contributed by atoms with van der Waals surface area (Å²) in [6, 6.07) is 50.5. The van der Waals surface area contributed by atoms with Gasteiger partial charge in [-0.2, -0.15) is 8.61 Å². The molecule has 2 aliphatic heterocycles. The number of hydrogen-bond donors (Lipinski definition) is 0. The van der Waals surface area contributed by atoms with Crippen molar-refractivity contribution in [3.8, 4) is 0 Å². The van der Waals surface area contributed by atoms with E-state index in [1.54, 1.807) is 91.0 Å². The number of fused-ring (bicyclic) bond motifs is 2. The molecule has 13 nitrogen and oxygen atoms in total. The number of benzene rings is 6. The first-order valence-electron chi connectivity index (χ1n) is 26.1. The second kappa shape index (κ2) is 21.9. The Labute approximate surface area is 473 Å². The van der Waals surface area contributed by atoms with Gasteiger partial charge < -0.3 is 9.80 Å². The first kappa shape index (κ1) is 52.7. The van der Waals surface area contributed by atoms with Gasteiger partial charge in [-0.05, 0) is 107 Å². The molecule has 3 aromatic heterocycles. The normalized spacial score (nSPS) is 17.3. The van der Waals surface area contributed by atoms with E-state index in [2.05, 4.69) is 9.97 Å². The zero-order valence-electron chi connectivity index (χ0n) is 43.6. The van der Waals surface area contributed by atoms with E-state index in [-0.39, 0.29) is 40.0 Å². The standard InChI is InChI=1S/C63H53N7O6S4/c1-67(60(44-17-7-3-8-18-44)45-19-9-4-10-20-45)79(73,74)49-26-28-56-51(34-49)53(36-58-65-30-31-77-58)62(71)70(56)41-43-32-48(33-43)57-39-66-59(78-57)37-54-52-35-50(25-27-55(52)69(63(54)72)40-42-16-15-29-64-38-42)80(75,76)68(2)61(46-21-11-5-12-22-46)47-23-13-6-14-24-47/h3-31,34-39,43,48,60-61H,32-33,40-41H2,1-2H3/b53-36+,54-37+. The Kier molecular flexibility index (Phi) is 14.4. The first-order chi connectivity index (χ1) is 38.8. The maximum Gasteiger partial charge on any atom is 0.259 e. The fourth-order valence-electron chi connectivity index (χ4n) is 11.1. The molecule has 0 spiro atoms. The van der Waals surface area contributed by atoms with Gasteiger partial charge in [0, 0.05) is 66.8 Å². The van der Waals surface area contributed by atoms with Gasteiger partial charge in [0.15, 0.2) is 0 Å². The number of anilines is 2. The van der Waals surface area contributed by atoms with Crippen molar-refractivity contribution >= 4 is 89.2 Å². The minimum atomic E-state index is -4.13. The molecule has 1 saturated carbocycles. The smallest absolute Gasteiger partial charge is 0.259 e. The molecule has 80 heavy (non-hydrogen) atoms. The van der Waals surface area contributed by atoms with Crippen LogP contribution in [0.5, 0.6) is 0 Å². The third-order valence-corrected chi connectivity index (χ3v) is 20.7. The molecule has 5 heterocycles. The minimum absolute atomic E-state index is 0.0525. The topological polar surface area (TPSA) is 154 Å². The Bertz CT molecular complexity index is 3970. The molecule has 0 N–H and O–H groups in total. The van der Waals surface area contributed by atoms with Gasteiger partial charge in [-0.15, -0.1) is 22.7 Å². The van der Waals surface area contributed by atoms with E-state index in [1.165, 1.54) is 31.3 Å². The first-order valence-corrected chi connectivity index (χ1v) is 30.7. The third kappa shape index (κ3) is 10.1. The molecule has 9 aromatic rings. The summed E-state index contributed by atoms with van der Waals surface area (Å²) >= 11 is 2.89. The van der Waals surface area contributed by atoms with E-state index in [9.17, 15) is 26.4 Å². The summed E-state index contributed by atoms with van der Waals surface area (Å²) in [7, 11) is -5.05. The van der Waals surface area contributed by atoms with Gasteiger partial charge in [0.05, 0.1) is 50.9 Å². The van der Waals surface area contributed by atoms with Crippen LogP contribution in [0.25, 0.3) is 23.3 Å². The van der Waals surface area contributed by atoms with Crippen molar-refractivity contribution in [2.24, 2.45) is 5.92 Å². The fraction of sp³-hybridized carbons (Fsp3) is 0.159. The van der Waals surface area contributed by atoms with Crippen molar-refractivity contribution in [3.63, 3.8) is 0 Å². The molecular weight excluding hydrogens is 1080 g/mol. The van der Waals surface area contributed by atoms with E-state index >= 15 is 0 Å². The highest BCUT2D eigenvalue weighted by Gasteiger charge is 2.41. The average Bonchev–Trinajstić information content (AvgIpc) is 4.33.